The van der Waals surface area contributed by atoms with Crippen LogP contribution in [0.2, 0.25) is 5.02 Å². The molecule has 0 aromatic heterocycles. The van der Waals surface area contributed by atoms with Gasteiger partial charge in [0.05, 0.1) is 40.0 Å². The summed E-state index contributed by atoms with van der Waals surface area (Å²) in [5, 5.41) is 10.8. The molecule has 0 spiro atoms. The molecule has 0 atom stereocenters. The van der Waals surface area contributed by atoms with Crippen molar-refractivity contribution in [1.29, 1.82) is 0 Å². The van der Waals surface area contributed by atoms with Crippen LogP contribution in [0.3, 0.4) is 0 Å². The van der Waals surface area contributed by atoms with Crippen molar-refractivity contribution in [3.8, 4) is 29.6 Å². The maximum Gasteiger partial charge on any atom is 0.416 e. The summed E-state index contributed by atoms with van der Waals surface area (Å²) in [5.41, 5.74) is -1.17. The Balaban J connectivity index is 0.000000216. The molecule has 2 aliphatic heterocycles. The number of benzene rings is 3. The van der Waals surface area contributed by atoms with Gasteiger partial charge < -0.3 is 18.9 Å². The van der Waals surface area contributed by atoms with Crippen LogP contribution in [0.5, 0.6) is 17.2 Å². The summed E-state index contributed by atoms with van der Waals surface area (Å²) in [5.74, 6) is -1.95. The van der Waals surface area contributed by atoms with E-state index < -0.39 is 64.1 Å². The number of esters is 2. The van der Waals surface area contributed by atoms with Gasteiger partial charge in [-0.3, -0.25) is 29.4 Å². The van der Waals surface area contributed by atoms with E-state index >= 15 is 0 Å². The molecule has 56 heavy (non-hydrogen) atoms. The highest BCUT2D eigenvalue weighted by Gasteiger charge is 2.42. The number of fused-ring (bicyclic) bond motifs is 1. The molecule has 0 bridgehead atoms. The Labute approximate surface area is 319 Å². The fourth-order valence-electron chi connectivity index (χ4n) is 5.80. The van der Waals surface area contributed by atoms with Crippen LogP contribution in [0, 0.1) is 28.3 Å². The Morgan fingerprint density at radius 2 is 1.68 bits per heavy atom. The van der Waals surface area contributed by atoms with Crippen LogP contribution in [0.1, 0.15) is 48.5 Å². The highest BCUT2D eigenvalue weighted by atomic mass is 35.5. The quantitative estimate of drug-likeness (QED) is 0.0563. The van der Waals surface area contributed by atoms with E-state index in [0.29, 0.717) is 30.1 Å². The monoisotopic (exact) mass is 801 g/mol. The SMILES string of the molecule is C#CCN1C(=O)COc2cc(F)c(N3C(=O)C4=C(CCCC4)C3=O)cc21.CCOC(=O)COC(=O)c1cc(Oc2ccc(C(F)(F)F)cc2Cl)ccc1[N+](=O)[O-]. The summed E-state index contributed by atoms with van der Waals surface area (Å²) in [6, 6.07) is 7.72. The maximum absolute atomic E-state index is 14.7. The number of hydrogen-bond donors (Lipinski definition) is 0. The average molecular weight is 802 g/mol. The van der Waals surface area contributed by atoms with Crippen LogP contribution in [-0.2, 0) is 34.8 Å². The Morgan fingerprint density at radius 1 is 1.00 bits per heavy atom. The fraction of sp³-hybridized carbons (Fsp3) is 0.270. The number of hydrogen-bond acceptors (Lipinski definition) is 11. The van der Waals surface area contributed by atoms with Crippen molar-refractivity contribution in [2.45, 2.75) is 38.8 Å². The summed E-state index contributed by atoms with van der Waals surface area (Å²) >= 11 is 5.81. The zero-order valence-corrected chi connectivity index (χ0v) is 29.8. The van der Waals surface area contributed by atoms with Crippen molar-refractivity contribution in [2.75, 3.05) is 36.2 Å². The minimum atomic E-state index is -4.61. The zero-order chi connectivity index (χ0) is 40.9. The summed E-state index contributed by atoms with van der Waals surface area (Å²) in [6.07, 6.45) is 3.41. The second-order valence-electron chi connectivity index (χ2n) is 11.9. The third-order valence-corrected chi connectivity index (χ3v) is 8.65. The number of nitrogens with zero attached hydrogens (tertiary/aromatic N) is 3. The minimum absolute atomic E-state index is 0.0170. The van der Waals surface area contributed by atoms with Crippen LogP contribution in [0.15, 0.2) is 59.7 Å². The van der Waals surface area contributed by atoms with E-state index in [9.17, 15) is 51.6 Å². The van der Waals surface area contributed by atoms with Crippen LogP contribution in [0.4, 0.5) is 34.6 Å². The third kappa shape index (κ3) is 8.73. The fourth-order valence-corrected chi connectivity index (χ4v) is 6.02. The second kappa shape index (κ2) is 16.9. The smallest absolute Gasteiger partial charge is 0.416 e. The molecule has 0 unspecified atom stereocenters. The number of amides is 3. The summed E-state index contributed by atoms with van der Waals surface area (Å²) < 4.78 is 72.7. The lowest BCUT2D eigenvalue weighted by Gasteiger charge is -2.29. The second-order valence-corrected chi connectivity index (χ2v) is 12.3. The van der Waals surface area contributed by atoms with E-state index in [4.69, 9.17) is 32.2 Å². The van der Waals surface area contributed by atoms with Gasteiger partial charge in [0.1, 0.15) is 22.8 Å². The number of imide groups is 1. The van der Waals surface area contributed by atoms with Crippen molar-refractivity contribution in [1.82, 2.24) is 0 Å². The molecule has 3 aromatic rings. The van der Waals surface area contributed by atoms with Gasteiger partial charge in [-0.1, -0.05) is 17.5 Å². The standard InChI is InChI=1S/C19H15FN2O4.C18H13ClF3NO7/c1-2-7-21-15-9-14(13(20)8-16(15)26-10-17(21)23)22-18(24)11-5-3-4-6-12(11)19(22)25;1-2-28-16(24)9-29-17(25)12-8-11(4-5-14(12)23(26)27)30-15-6-3-10(7-13(15)19)18(20,21)22/h1,8-9H,3-7,10H2;3-8H,2,9H2,1H3. The van der Waals surface area contributed by atoms with Gasteiger partial charge >= 0.3 is 18.1 Å². The lowest BCUT2D eigenvalue weighted by Crippen LogP contribution is -2.39. The number of nitro groups is 1. The lowest BCUT2D eigenvalue weighted by molar-refractivity contribution is -0.385. The number of rotatable bonds is 9. The summed E-state index contributed by atoms with van der Waals surface area (Å²) in [7, 11) is 0. The normalized spacial score (nSPS) is 14.8. The molecular formula is C37H28ClF4N3O11. The highest BCUT2D eigenvalue weighted by Crippen LogP contribution is 2.42. The summed E-state index contributed by atoms with van der Waals surface area (Å²) in [4.78, 5) is 73.3. The largest absolute Gasteiger partial charge is 0.481 e. The molecule has 0 fully saturated rings. The minimum Gasteiger partial charge on any atom is -0.481 e. The van der Waals surface area contributed by atoms with Crippen LogP contribution in [-0.4, -0.2) is 60.9 Å². The number of alkyl halides is 3. The molecule has 3 aliphatic rings. The summed E-state index contributed by atoms with van der Waals surface area (Å²) in [6.45, 7) is 0.562. The Kier molecular flexibility index (Phi) is 12.3. The number of carbonyl (C=O) groups is 5. The van der Waals surface area contributed by atoms with Crippen molar-refractivity contribution in [3.05, 3.63) is 91.8 Å². The average Bonchev–Trinajstić information content (AvgIpc) is 3.41. The van der Waals surface area contributed by atoms with Gasteiger partial charge in [-0.2, -0.15) is 13.2 Å². The number of nitro benzene ring substituents is 1. The van der Waals surface area contributed by atoms with Gasteiger partial charge in [-0.15, -0.1) is 6.42 Å². The molecule has 3 aromatic carbocycles. The van der Waals surface area contributed by atoms with Gasteiger partial charge in [0, 0.05) is 29.3 Å². The first-order valence-corrected chi connectivity index (χ1v) is 16.9. The van der Waals surface area contributed by atoms with Crippen molar-refractivity contribution < 1.29 is 65.4 Å². The number of carbonyl (C=O) groups excluding carboxylic acids is 5. The number of ether oxygens (including phenoxy) is 4. The van der Waals surface area contributed by atoms with Gasteiger partial charge in [0.2, 0.25) is 0 Å². The van der Waals surface area contributed by atoms with Gasteiger partial charge in [0.15, 0.2) is 19.0 Å². The first-order chi connectivity index (χ1) is 26.5. The Hall–Kier alpha value is -6.48. The van der Waals surface area contributed by atoms with Gasteiger partial charge in [-0.05, 0) is 62.9 Å². The molecule has 6 rings (SSSR count). The lowest BCUT2D eigenvalue weighted by atomic mass is 9.93. The zero-order valence-electron chi connectivity index (χ0n) is 29.1. The molecule has 0 radical (unpaired) electrons. The van der Waals surface area contributed by atoms with E-state index in [1.807, 2.05) is 0 Å². The van der Waals surface area contributed by atoms with Crippen molar-refractivity contribution in [3.63, 3.8) is 0 Å². The molecule has 0 saturated carbocycles. The Morgan fingerprint density at radius 3 is 2.27 bits per heavy atom. The molecule has 0 N–H and O–H groups in total. The number of halogens is 5. The molecule has 292 valence electrons. The molecule has 19 heteroatoms. The van der Waals surface area contributed by atoms with E-state index in [-0.39, 0.29) is 59.3 Å². The van der Waals surface area contributed by atoms with Gasteiger partial charge in [0.25, 0.3) is 23.4 Å². The highest BCUT2D eigenvalue weighted by molar-refractivity contribution is 6.33. The van der Waals surface area contributed by atoms with Crippen molar-refractivity contribution >= 4 is 58.3 Å². The molecular weight excluding hydrogens is 774 g/mol. The number of anilines is 2. The topological polar surface area (TPSA) is 172 Å². The first-order valence-electron chi connectivity index (χ1n) is 16.5. The van der Waals surface area contributed by atoms with Crippen LogP contribution >= 0.6 is 11.6 Å². The van der Waals surface area contributed by atoms with E-state index in [1.165, 1.54) is 17.9 Å². The Bertz CT molecular complexity index is 2190. The predicted octanol–water partition coefficient (Wildman–Crippen LogP) is 6.71. The van der Waals surface area contributed by atoms with Crippen LogP contribution < -0.4 is 19.3 Å². The van der Waals surface area contributed by atoms with Crippen LogP contribution in [0.25, 0.3) is 0 Å². The maximum atomic E-state index is 14.7. The first kappa shape index (κ1) is 40.7. The van der Waals surface area contributed by atoms with E-state index in [1.54, 1.807) is 0 Å². The van der Waals surface area contributed by atoms with Gasteiger partial charge in [-0.25, -0.2) is 18.9 Å². The molecule has 1 aliphatic carbocycles. The number of terminal acetylenes is 1. The van der Waals surface area contributed by atoms with Crippen molar-refractivity contribution in [2.24, 2.45) is 0 Å². The molecule has 0 saturated heterocycles. The van der Waals surface area contributed by atoms with E-state index in [0.717, 1.165) is 54.1 Å². The molecule has 3 amide bonds. The molecule has 2 heterocycles. The van der Waals surface area contributed by atoms with E-state index in [2.05, 4.69) is 10.7 Å². The third-order valence-electron chi connectivity index (χ3n) is 8.35. The predicted molar refractivity (Wildman–Crippen MR) is 188 cm³/mol. The molecule has 14 nitrogen and oxygen atoms in total.